The highest BCUT2D eigenvalue weighted by Crippen LogP contribution is 2.37. The van der Waals surface area contributed by atoms with Crippen molar-refractivity contribution in [3.8, 4) is 5.75 Å². The topological polar surface area (TPSA) is 102 Å². The molecule has 0 aliphatic carbocycles. The van der Waals surface area contributed by atoms with E-state index < -0.39 is 35.5 Å². The number of hydrogen-bond acceptors (Lipinski definition) is 7. The molecule has 9 nitrogen and oxygen atoms in total. The standard InChI is InChI=1S/C33H34F4N4O5S.ClH/c1-5-45-31(43)29(40(3)4)16-17-30(42)41-19-27(26-18-22(34)8-15-28(26)41)39-32(44)38-23-9-11-24(12-10-23)46-20(2)21-6-13-25(14-7-21)47-33(35,36)37;/h6-15,18-20,29H,5,16-17H2,1-4H3,(H2,38,39,44);1H. The van der Waals surface area contributed by atoms with Gasteiger partial charge in [-0.2, -0.15) is 13.2 Å². The Morgan fingerprint density at radius 3 is 2.25 bits per heavy atom. The summed E-state index contributed by atoms with van der Waals surface area (Å²) in [6.07, 6.45) is 1.14. The summed E-state index contributed by atoms with van der Waals surface area (Å²) in [5, 5.41) is 5.65. The Balaban J connectivity index is 0.00000625. The molecular weight excluding hydrogens is 676 g/mol. The van der Waals surface area contributed by atoms with Gasteiger partial charge in [0, 0.05) is 28.6 Å². The van der Waals surface area contributed by atoms with Crippen LogP contribution in [0.15, 0.2) is 77.8 Å². The first-order valence-electron chi connectivity index (χ1n) is 14.6. The van der Waals surface area contributed by atoms with E-state index in [-0.39, 0.29) is 60.1 Å². The number of carbonyl (C=O) groups excluding carboxylic acids is 3. The molecule has 4 aromatic rings. The molecule has 1 aromatic heterocycles. The van der Waals surface area contributed by atoms with Gasteiger partial charge in [0.25, 0.3) is 0 Å². The maximum atomic E-state index is 14.2. The predicted molar refractivity (Wildman–Crippen MR) is 180 cm³/mol. The lowest BCUT2D eigenvalue weighted by atomic mass is 10.1. The first-order valence-corrected chi connectivity index (χ1v) is 15.4. The monoisotopic (exact) mass is 710 g/mol. The number of halogens is 5. The zero-order valence-corrected chi connectivity index (χ0v) is 28.1. The molecule has 4 rings (SSSR count). The number of benzene rings is 3. The molecule has 0 fully saturated rings. The number of urea groups is 1. The summed E-state index contributed by atoms with van der Waals surface area (Å²) in [7, 11) is 3.43. The molecule has 0 saturated heterocycles. The van der Waals surface area contributed by atoms with Crippen molar-refractivity contribution in [2.24, 2.45) is 0 Å². The highest BCUT2D eigenvalue weighted by Gasteiger charge is 2.29. The second-order valence-corrected chi connectivity index (χ2v) is 11.9. The van der Waals surface area contributed by atoms with Crippen LogP contribution < -0.4 is 15.4 Å². The molecule has 0 spiro atoms. The number of fused-ring (bicyclic) bond motifs is 1. The molecule has 0 aliphatic rings. The van der Waals surface area contributed by atoms with Crippen LogP contribution in [0, 0.1) is 5.82 Å². The molecule has 2 amide bonds. The van der Waals surface area contributed by atoms with Crippen molar-refractivity contribution in [3.63, 3.8) is 0 Å². The van der Waals surface area contributed by atoms with E-state index in [1.807, 2.05) is 0 Å². The van der Waals surface area contributed by atoms with Crippen molar-refractivity contribution in [3.05, 3.63) is 84.3 Å². The minimum absolute atomic E-state index is 0. The van der Waals surface area contributed by atoms with Crippen LogP contribution in [0.5, 0.6) is 5.75 Å². The molecule has 2 unspecified atom stereocenters. The van der Waals surface area contributed by atoms with Gasteiger partial charge < -0.3 is 20.1 Å². The number of anilines is 2. The number of thioether (sulfide) groups is 1. The summed E-state index contributed by atoms with van der Waals surface area (Å²) in [5.74, 6) is -0.877. The van der Waals surface area contributed by atoms with Crippen LogP contribution >= 0.6 is 24.2 Å². The van der Waals surface area contributed by atoms with E-state index in [2.05, 4.69) is 10.6 Å². The largest absolute Gasteiger partial charge is 0.486 e. The van der Waals surface area contributed by atoms with Crippen molar-refractivity contribution >= 4 is 64.4 Å². The van der Waals surface area contributed by atoms with Crippen molar-refractivity contribution in [1.29, 1.82) is 0 Å². The number of carbonyl (C=O) groups is 3. The van der Waals surface area contributed by atoms with Gasteiger partial charge in [0.2, 0.25) is 5.91 Å². The fraction of sp³-hybridized carbons (Fsp3) is 0.303. The average Bonchev–Trinajstić information content (AvgIpc) is 3.34. The maximum absolute atomic E-state index is 14.2. The highest BCUT2D eigenvalue weighted by molar-refractivity contribution is 8.00. The number of ether oxygens (including phenoxy) is 2. The van der Waals surface area contributed by atoms with E-state index in [1.54, 1.807) is 69.2 Å². The van der Waals surface area contributed by atoms with Crippen molar-refractivity contribution in [2.45, 2.75) is 49.2 Å². The van der Waals surface area contributed by atoms with Gasteiger partial charge >= 0.3 is 17.5 Å². The van der Waals surface area contributed by atoms with Gasteiger partial charge in [-0.15, -0.1) is 12.4 Å². The molecule has 0 radical (unpaired) electrons. The van der Waals surface area contributed by atoms with Gasteiger partial charge in [-0.25, -0.2) is 9.18 Å². The lowest BCUT2D eigenvalue weighted by Crippen LogP contribution is -2.37. The second kappa shape index (κ2) is 16.7. The van der Waals surface area contributed by atoms with E-state index >= 15 is 0 Å². The van der Waals surface area contributed by atoms with Crippen molar-refractivity contribution < 1.29 is 41.4 Å². The first kappa shape index (κ1) is 38.2. The van der Waals surface area contributed by atoms with Gasteiger partial charge in [0.1, 0.15) is 23.7 Å². The fourth-order valence-corrected chi connectivity index (χ4v) is 5.37. The summed E-state index contributed by atoms with van der Waals surface area (Å²) in [5.41, 5.74) is -2.68. The number of amides is 2. The zero-order valence-electron chi connectivity index (χ0n) is 26.5. The van der Waals surface area contributed by atoms with E-state index in [9.17, 15) is 31.9 Å². The Morgan fingerprint density at radius 1 is 0.979 bits per heavy atom. The van der Waals surface area contributed by atoms with Crippen LogP contribution in [0.3, 0.4) is 0 Å². The van der Waals surface area contributed by atoms with E-state index in [1.165, 1.54) is 41.1 Å². The number of alkyl halides is 3. The lowest BCUT2D eigenvalue weighted by Gasteiger charge is -2.22. The van der Waals surface area contributed by atoms with Crippen LogP contribution in [0.1, 0.15) is 43.2 Å². The average molecular weight is 711 g/mol. The zero-order chi connectivity index (χ0) is 34.3. The van der Waals surface area contributed by atoms with Gasteiger partial charge in [-0.3, -0.25) is 19.1 Å². The summed E-state index contributed by atoms with van der Waals surface area (Å²) in [6, 6.07) is 14.9. The Hall–Kier alpha value is -4.27. The third kappa shape index (κ3) is 10.4. The third-order valence-electron chi connectivity index (χ3n) is 7.11. The molecule has 2 N–H and O–H groups in total. The summed E-state index contributed by atoms with van der Waals surface area (Å²) in [6.45, 7) is 3.68. The fourth-order valence-electron chi connectivity index (χ4n) is 4.83. The molecule has 3 aromatic carbocycles. The Kier molecular flexibility index (Phi) is 13.3. The van der Waals surface area contributed by atoms with Crippen LogP contribution in [0.2, 0.25) is 0 Å². The van der Waals surface area contributed by atoms with E-state index in [0.717, 1.165) is 0 Å². The predicted octanol–water partition coefficient (Wildman–Crippen LogP) is 8.51. The number of esters is 1. The Morgan fingerprint density at radius 2 is 1.65 bits per heavy atom. The number of aromatic nitrogens is 1. The smallest absolute Gasteiger partial charge is 0.446 e. The highest BCUT2D eigenvalue weighted by atomic mass is 35.5. The van der Waals surface area contributed by atoms with E-state index in [4.69, 9.17) is 9.47 Å². The SMILES string of the molecule is CCOC(=O)C(CCC(=O)n1cc(NC(=O)Nc2ccc(OC(C)c3ccc(SC(F)(F)F)cc3)cc2)c2cc(F)ccc21)N(C)C.Cl. The Labute approximate surface area is 285 Å². The first-order chi connectivity index (χ1) is 22.2. The summed E-state index contributed by atoms with van der Waals surface area (Å²) >= 11 is -0.188. The van der Waals surface area contributed by atoms with Gasteiger partial charge in [0.05, 0.1) is 17.8 Å². The summed E-state index contributed by atoms with van der Waals surface area (Å²) in [4.78, 5) is 40.2. The number of rotatable bonds is 12. The molecule has 0 aliphatic heterocycles. The van der Waals surface area contributed by atoms with Crippen LogP contribution in [0.25, 0.3) is 10.9 Å². The third-order valence-corrected chi connectivity index (χ3v) is 7.84. The number of likely N-dealkylation sites (N-methyl/N-ethyl adjacent to an activating group) is 1. The van der Waals surface area contributed by atoms with Crippen molar-refractivity contribution in [1.82, 2.24) is 9.47 Å². The minimum Gasteiger partial charge on any atom is -0.486 e. The molecule has 0 bridgehead atoms. The number of nitrogens with zero attached hydrogens (tertiary/aromatic N) is 2. The molecule has 1 heterocycles. The van der Waals surface area contributed by atoms with Crippen LogP contribution in [0.4, 0.5) is 33.7 Å². The molecule has 48 heavy (non-hydrogen) atoms. The lowest BCUT2D eigenvalue weighted by molar-refractivity contribution is -0.148. The minimum atomic E-state index is -4.37. The maximum Gasteiger partial charge on any atom is 0.446 e. The van der Waals surface area contributed by atoms with Gasteiger partial charge in [-0.05, 0) is 106 Å². The molecule has 0 saturated carbocycles. The van der Waals surface area contributed by atoms with Gasteiger partial charge in [0.15, 0.2) is 0 Å². The van der Waals surface area contributed by atoms with Crippen molar-refractivity contribution in [2.75, 3.05) is 31.3 Å². The molecule has 15 heteroatoms. The number of nitrogens with one attached hydrogen (secondary N) is 2. The molecule has 258 valence electrons. The Bertz CT molecular complexity index is 1720. The quantitative estimate of drug-likeness (QED) is 0.0864. The van der Waals surface area contributed by atoms with E-state index in [0.29, 0.717) is 27.9 Å². The molecular formula is C33H35ClF4N4O5S. The normalized spacial score (nSPS) is 12.6. The summed E-state index contributed by atoms with van der Waals surface area (Å²) < 4.78 is 64.3. The second-order valence-electron chi connectivity index (χ2n) is 10.7. The molecule has 2 atom stereocenters. The van der Waals surface area contributed by atoms with Crippen LogP contribution in [-0.2, 0) is 9.53 Å². The van der Waals surface area contributed by atoms with Crippen LogP contribution in [-0.4, -0.2) is 59.6 Å². The number of hydrogen-bond donors (Lipinski definition) is 2. The van der Waals surface area contributed by atoms with Gasteiger partial charge in [-0.1, -0.05) is 12.1 Å².